The number of aryl methyl sites for hydroxylation is 1. The highest BCUT2D eigenvalue weighted by atomic mass is 127. The number of fused-ring (bicyclic) bond motifs is 1. The Morgan fingerprint density at radius 3 is 2.47 bits per heavy atom. The average Bonchev–Trinajstić information content (AvgIpc) is 3.82. The van der Waals surface area contributed by atoms with E-state index in [9.17, 15) is 19.5 Å². The number of hydrogen-bond acceptors (Lipinski definition) is 9. The highest BCUT2D eigenvalue weighted by Crippen LogP contribution is 2.33. The van der Waals surface area contributed by atoms with Gasteiger partial charge in [-0.1, -0.05) is 66.8 Å². The quantitative estimate of drug-likeness (QED) is 0.0935. The molecule has 5 rings (SSSR count). The highest BCUT2D eigenvalue weighted by Gasteiger charge is 2.45. The van der Waals surface area contributed by atoms with Crippen LogP contribution in [0, 0.1) is 12.8 Å². The summed E-state index contributed by atoms with van der Waals surface area (Å²) in [5, 5.41) is 13.7. The number of alkyl halides is 1. The van der Waals surface area contributed by atoms with E-state index in [1.807, 2.05) is 62.7 Å². The summed E-state index contributed by atoms with van der Waals surface area (Å²) in [4.78, 5) is 49.7. The molecule has 0 spiro atoms. The fraction of sp³-hybridized carbons (Fsp3) is 0.526. The number of likely N-dealkylation sites (tertiary alicyclic amines) is 1. The van der Waals surface area contributed by atoms with Gasteiger partial charge in [0.15, 0.2) is 0 Å². The molecule has 1 aromatic heterocycles. The van der Waals surface area contributed by atoms with Gasteiger partial charge in [0.2, 0.25) is 11.8 Å². The normalized spacial score (nSPS) is 17.6. The van der Waals surface area contributed by atoms with Gasteiger partial charge in [-0.25, -0.2) is 4.98 Å². The Balaban J connectivity index is 1.21. The van der Waals surface area contributed by atoms with E-state index in [0.29, 0.717) is 50.7 Å². The van der Waals surface area contributed by atoms with Gasteiger partial charge in [0.1, 0.15) is 17.8 Å². The topological polar surface area (TPSA) is 131 Å². The number of aliphatic hydroxyl groups excluding tert-OH is 1. The molecule has 0 bridgehead atoms. The molecule has 3 atom stereocenters. The number of thiazole rings is 1. The zero-order chi connectivity index (χ0) is 36.3. The van der Waals surface area contributed by atoms with Crippen molar-refractivity contribution in [3.63, 3.8) is 0 Å². The summed E-state index contributed by atoms with van der Waals surface area (Å²) in [7, 11) is 0. The lowest BCUT2D eigenvalue weighted by molar-refractivity contribution is -0.143. The summed E-state index contributed by atoms with van der Waals surface area (Å²) in [5.74, 6) is -0.440. The predicted molar refractivity (Wildman–Crippen MR) is 205 cm³/mol. The molecule has 11 nitrogen and oxygen atoms in total. The third-order valence-electron chi connectivity index (χ3n) is 9.15. The van der Waals surface area contributed by atoms with Crippen molar-refractivity contribution in [2.75, 3.05) is 44.0 Å². The molecule has 276 valence electrons. The minimum atomic E-state index is -0.869. The van der Waals surface area contributed by atoms with Crippen molar-refractivity contribution in [2.24, 2.45) is 5.92 Å². The Bertz CT molecular complexity index is 1630. The summed E-state index contributed by atoms with van der Waals surface area (Å²) < 4.78 is 18.7. The number of nitrogens with zero attached hydrogens (tertiary/aromatic N) is 3. The summed E-state index contributed by atoms with van der Waals surface area (Å²) in [6, 6.07) is 11.6. The van der Waals surface area contributed by atoms with E-state index < -0.39 is 18.2 Å². The molecule has 0 aliphatic carbocycles. The molecule has 2 N–H and O–H groups in total. The lowest BCUT2D eigenvalue weighted by Crippen LogP contribution is -2.55. The van der Waals surface area contributed by atoms with Crippen LogP contribution in [0.4, 0.5) is 0 Å². The van der Waals surface area contributed by atoms with Crippen LogP contribution in [-0.2, 0) is 32.2 Å². The maximum absolute atomic E-state index is 14.1. The Kier molecular flexibility index (Phi) is 14.7. The van der Waals surface area contributed by atoms with Crippen molar-refractivity contribution in [2.45, 2.75) is 77.7 Å². The maximum atomic E-state index is 14.1. The van der Waals surface area contributed by atoms with Gasteiger partial charge in [0.05, 0.1) is 28.8 Å². The van der Waals surface area contributed by atoms with E-state index in [-0.39, 0.29) is 43.1 Å². The first kappa shape index (κ1) is 39.1. The number of amides is 3. The van der Waals surface area contributed by atoms with E-state index in [0.717, 1.165) is 51.1 Å². The number of benzene rings is 2. The zero-order valence-corrected chi connectivity index (χ0v) is 32.6. The van der Waals surface area contributed by atoms with Crippen molar-refractivity contribution in [3.05, 3.63) is 70.4 Å². The standard InChI is InChI=1S/C38H49IN4O7S/c1-25(2)34(43-22-29-9-4-5-10-31(29)37(43)46)38(47)42-23-30(44)20-32(42)36(45)40-21-28-12-11-27(35-26(3)41-24-51-35)19-33(28)50-18-8-17-49-16-7-15-48-14-6-13-39/h4-5,9-12,19,24-25,30,32,34,44H,6-8,13-18,20-23H2,1-3H3,(H,40,45)/t30-,32+,34?/m1/s1. The third-order valence-corrected chi connectivity index (χ3v) is 10.9. The van der Waals surface area contributed by atoms with Crippen LogP contribution in [0.1, 0.15) is 66.7 Å². The monoisotopic (exact) mass is 832 g/mol. The average molecular weight is 833 g/mol. The molecular formula is C38H49IN4O7S. The fourth-order valence-corrected chi connectivity index (χ4v) is 7.69. The van der Waals surface area contributed by atoms with Gasteiger partial charge in [-0.3, -0.25) is 14.4 Å². The number of aliphatic hydroxyl groups is 1. The van der Waals surface area contributed by atoms with Crippen molar-refractivity contribution < 1.29 is 33.7 Å². The summed E-state index contributed by atoms with van der Waals surface area (Å²) in [5.41, 5.74) is 5.99. The Labute approximate surface area is 318 Å². The van der Waals surface area contributed by atoms with E-state index in [1.165, 1.54) is 4.90 Å². The minimum Gasteiger partial charge on any atom is -0.493 e. The minimum absolute atomic E-state index is 0.0278. The van der Waals surface area contributed by atoms with Gasteiger partial charge in [-0.2, -0.15) is 0 Å². The summed E-state index contributed by atoms with van der Waals surface area (Å²) in [6.07, 6.45) is 1.89. The lowest BCUT2D eigenvalue weighted by atomic mass is 10.0. The number of halogens is 1. The molecule has 2 aliphatic heterocycles. The zero-order valence-electron chi connectivity index (χ0n) is 29.6. The Hall–Kier alpha value is -3.11. The molecule has 3 aromatic rings. The highest BCUT2D eigenvalue weighted by molar-refractivity contribution is 14.1. The van der Waals surface area contributed by atoms with Crippen molar-refractivity contribution >= 4 is 51.6 Å². The predicted octanol–water partition coefficient (Wildman–Crippen LogP) is 5.39. The molecule has 0 saturated carbocycles. The molecule has 0 radical (unpaired) electrons. The smallest absolute Gasteiger partial charge is 0.255 e. The first-order valence-corrected chi connectivity index (χ1v) is 20.1. The van der Waals surface area contributed by atoms with E-state index in [2.05, 4.69) is 32.9 Å². The van der Waals surface area contributed by atoms with Crippen LogP contribution in [0.5, 0.6) is 5.75 Å². The number of carbonyl (C=O) groups is 3. The molecule has 1 unspecified atom stereocenters. The molecule has 3 heterocycles. The van der Waals surface area contributed by atoms with Crippen molar-refractivity contribution in [1.29, 1.82) is 0 Å². The van der Waals surface area contributed by atoms with E-state index in [4.69, 9.17) is 14.2 Å². The summed E-state index contributed by atoms with van der Waals surface area (Å²) >= 11 is 3.90. The van der Waals surface area contributed by atoms with E-state index >= 15 is 0 Å². The number of β-amino-alcohol motifs (C(OH)–C–C–N with tert-alkyl or cyclic N) is 1. The van der Waals surface area contributed by atoms with Gasteiger partial charge >= 0.3 is 0 Å². The number of rotatable bonds is 19. The van der Waals surface area contributed by atoms with Crippen LogP contribution < -0.4 is 10.1 Å². The molecule has 2 aliphatic rings. The molecule has 51 heavy (non-hydrogen) atoms. The van der Waals surface area contributed by atoms with Gasteiger partial charge in [-0.15, -0.1) is 11.3 Å². The van der Waals surface area contributed by atoms with Crippen LogP contribution in [0.2, 0.25) is 0 Å². The van der Waals surface area contributed by atoms with Crippen LogP contribution in [-0.4, -0.2) is 99.8 Å². The van der Waals surface area contributed by atoms with Gasteiger partial charge in [-0.05, 0) is 48.9 Å². The summed E-state index contributed by atoms with van der Waals surface area (Å²) in [6.45, 7) is 9.42. The largest absolute Gasteiger partial charge is 0.493 e. The number of carbonyl (C=O) groups excluding carboxylic acids is 3. The first-order valence-electron chi connectivity index (χ1n) is 17.7. The molecule has 2 aromatic carbocycles. The molecule has 1 saturated heterocycles. The van der Waals surface area contributed by atoms with Crippen molar-refractivity contribution in [1.82, 2.24) is 20.1 Å². The molecular weight excluding hydrogens is 783 g/mol. The SMILES string of the molecule is Cc1ncsc1-c1ccc(CNC(=O)[C@@H]2C[C@@H](O)CN2C(=O)C(C(C)C)N2Cc3ccccc3C2=O)c(OCCCOCCCOCCCI)c1. The van der Waals surface area contributed by atoms with Crippen LogP contribution in [0.3, 0.4) is 0 Å². The fourth-order valence-electron chi connectivity index (χ4n) is 6.58. The van der Waals surface area contributed by atoms with E-state index in [1.54, 1.807) is 22.3 Å². The molecule has 13 heteroatoms. The number of hydrogen-bond donors (Lipinski definition) is 2. The third kappa shape index (κ3) is 10.1. The number of aromatic nitrogens is 1. The number of nitrogens with one attached hydrogen (secondary N) is 1. The van der Waals surface area contributed by atoms with Gasteiger partial charge < -0.3 is 34.4 Å². The van der Waals surface area contributed by atoms with Crippen molar-refractivity contribution in [3.8, 4) is 16.2 Å². The molecule has 3 amide bonds. The van der Waals surface area contributed by atoms with Crippen LogP contribution >= 0.6 is 33.9 Å². The second kappa shape index (κ2) is 19.1. The van der Waals surface area contributed by atoms with Crippen LogP contribution in [0.15, 0.2) is 48.0 Å². The van der Waals surface area contributed by atoms with Gasteiger partial charge in [0, 0.05) is 74.5 Å². The first-order chi connectivity index (χ1) is 24.7. The number of ether oxygens (including phenoxy) is 3. The Morgan fingerprint density at radius 1 is 1.06 bits per heavy atom. The van der Waals surface area contributed by atoms with Crippen LogP contribution in [0.25, 0.3) is 10.4 Å². The second-order valence-electron chi connectivity index (χ2n) is 13.3. The lowest BCUT2D eigenvalue weighted by Gasteiger charge is -2.35. The molecule has 1 fully saturated rings. The second-order valence-corrected chi connectivity index (χ2v) is 15.2. The Morgan fingerprint density at radius 2 is 1.78 bits per heavy atom. The van der Waals surface area contributed by atoms with Gasteiger partial charge in [0.25, 0.3) is 5.91 Å². The maximum Gasteiger partial charge on any atom is 0.255 e.